The van der Waals surface area contributed by atoms with E-state index in [1.807, 2.05) is 0 Å². The van der Waals surface area contributed by atoms with Crippen LogP contribution in [-0.2, 0) is 0 Å². The van der Waals surface area contributed by atoms with Crippen LogP contribution in [0, 0.1) is 0 Å². The van der Waals surface area contributed by atoms with Gasteiger partial charge in [-0.25, -0.2) is 9.97 Å². The maximum Gasteiger partial charge on any atom is 0.139 e. The molecular weight excluding hydrogens is 350 g/mol. The smallest absolute Gasteiger partial charge is 0.139 e. The molecule has 0 amide bonds. The number of piperazine rings is 1. The van der Waals surface area contributed by atoms with Gasteiger partial charge in [0.2, 0.25) is 0 Å². The van der Waals surface area contributed by atoms with Crippen LogP contribution >= 0.6 is 0 Å². The molecule has 1 aromatic heterocycles. The van der Waals surface area contributed by atoms with E-state index >= 15 is 0 Å². The number of fused-ring (bicyclic) bond motifs is 1. The Bertz CT molecular complexity index is 814. The van der Waals surface area contributed by atoms with E-state index in [4.69, 9.17) is 0 Å². The van der Waals surface area contributed by atoms with Crippen molar-refractivity contribution in [3.63, 3.8) is 0 Å². The molecule has 6 heteroatoms. The highest BCUT2D eigenvalue weighted by Gasteiger charge is 2.31. The van der Waals surface area contributed by atoms with Crippen LogP contribution in [0.25, 0.3) is 10.9 Å². The second kappa shape index (κ2) is 7.84. The number of aliphatic hydroxyl groups excluding tert-OH is 1. The number of hydrogen-bond donors (Lipinski definition) is 1. The molecule has 28 heavy (non-hydrogen) atoms. The minimum atomic E-state index is -0.138. The van der Waals surface area contributed by atoms with E-state index in [-0.39, 0.29) is 6.10 Å². The summed E-state index contributed by atoms with van der Waals surface area (Å²) in [5.74, 6) is 1.09. The third-order valence-corrected chi connectivity index (χ3v) is 6.85. The number of rotatable bonds is 3. The lowest BCUT2D eigenvalue weighted by atomic mass is 9.91. The average Bonchev–Trinajstić information content (AvgIpc) is 3.28. The Balaban J connectivity index is 1.33. The summed E-state index contributed by atoms with van der Waals surface area (Å²) in [7, 11) is 0. The van der Waals surface area contributed by atoms with E-state index in [1.54, 1.807) is 6.33 Å². The summed E-state index contributed by atoms with van der Waals surface area (Å²) in [6.07, 6.45) is 8.61. The van der Waals surface area contributed by atoms with E-state index < -0.39 is 0 Å². The molecule has 3 heterocycles. The summed E-state index contributed by atoms with van der Waals surface area (Å²) in [5.41, 5.74) is 2.30. The molecule has 1 aromatic carbocycles. The summed E-state index contributed by atoms with van der Waals surface area (Å²) in [6.45, 7) is 6.29. The van der Waals surface area contributed by atoms with Gasteiger partial charge in [-0.1, -0.05) is 12.8 Å². The van der Waals surface area contributed by atoms with Crippen molar-refractivity contribution in [1.82, 2.24) is 14.9 Å². The molecule has 2 unspecified atom stereocenters. The van der Waals surface area contributed by atoms with Crippen LogP contribution in [0.2, 0.25) is 0 Å². The molecule has 2 aliphatic heterocycles. The minimum absolute atomic E-state index is 0.138. The van der Waals surface area contributed by atoms with Crippen molar-refractivity contribution in [3.8, 4) is 0 Å². The Labute approximate surface area is 167 Å². The maximum atomic E-state index is 10.4. The summed E-state index contributed by atoms with van der Waals surface area (Å²) >= 11 is 0. The Morgan fingerprint density at radius 1 is 0.821 bits per heavy atom. The molecule has 6 nitrogen and oxygen atoms in total. The normalized spacial score (nSPS) is 26.9. The third kappa shape index (κ3) is 3.44. The molecule has 1 aliphatic carbocycles. The zero-order valence-corrected chi connectivity index (χ0v) is 16.6. The Morgan fingerprint density at radius 3 is 2.39 bits per heavy atom. The van der Waals surface area contributed by atoms with Gasteiger partial charge in [-0.05, 0) is 43.9 Å². The molecule has 0 spiro atoms. The van der Waals surface area contributed by atoms with Crippen molar-refractivity contribution in [2.45, 2.75) is 50.7 Å². The molecule has 2 saturated heterocycles. The van der Waals surface area contributed by atoms with Crippen LogP contribution in [0.1, 0.15) is 38.5 Å². The molecule has 1 N–H and O–H groups in total. The molecular formula is C22H31N5O. The van der Waals surface area contributed by atoms with Gasteiger partial charge in [0.25, 0.3) is 0 Å². The topological polar surface area (TPSA) is 55.7 Å². The van der Waals surface area contributed by atoms with Gasteiger partial charge in [0, 0.05) is 56.4 Å². The van der Waals surface area contributed by atoms with Gasteiger partial charge in [-0.15, -0.1) is 0 Å². The number of aliphatic hydroxyl groups is 1. The van der Waals surface area contributed by atoms with Crippen molar-refractivity contribution in [2.24, 2.45) is 0 Å². The SMILES string of the molecule is OC1CCCCC1N1CCN(c2ccc3ncnc(N4CCCC4)c3c2)CC1. The highest BCUT2D eigenvalue weighted by atomic mass is 16.3. The number of aromatic nitrogens is 2. The fourth-order valence-electron chi connectivity index (χ4n) is 5.24. The Hall–Kier alpha value is -1.92. The molecule has 3 aliphatic rings. The van der Waals surface area contributed by atoms with Gasteiger partial charge in [0.1, 0.15) is 12.1 Å². The molecule has 3 fully saturated rings. The third-order valence-electron chi connectivity index (χ3n) is 6.85. The lowest BCUT2D eigenvalue weighted by molar-refractivity contribution is 0.0173. The fourth-order valence-corrected chi connectivity index (χ4v) is 5.24. The molecule has 5 rings (SSSR count). The number of benzene rings is 1. The van der Waals surface area contributed by atoms with E-state index in [1.165, 1.54) is 36.8 Å². The lowest BCUT2D eigenvalue weighted by Gasteiger charge is -2.43. The van der Waals surface area contributed by atoms with Gasteiger partial charge < -0.3 is 14.9 Å². The summed E-state index contributed by atoms with van der Waals surface area (Å²) in [6, 6.07) is 6.99. The van der Waals surface area contributed by atoms with Crippen LogP contribution in [0.3, 0.4) is 0 Å². The van der Waals surface area contributed by atoms with Crippen LogP contribution in [0.5, 0.6) is 0 Å². The Kier molecular flexibility index (Phi) is 5.07. The minimum Gasteiger partial charge on any atom is -0.391 e. The lowest BCUT2D eigenvalue weighted by Crippen LogP contribution is -2.54. The molecule has 0 radical (unpaired) electrons. The van der Waals surface area contributed by atoms with Crippen molar-refractivity contribution < 1.29 is 5.11 Å². The van der Waals surface area contributed by atoms with Crippen molar-refractivity contribution in [1.29, 1.82) is 0 Å². The van der Waals surface area contributed by atoms with E-state index in [9.17, 15) is 5.11 Å². The van der Waals surface area contributed by atoms with E-state index in [0.717, 1.165) is 63.4 Å². The zero-order chi connectivity index (χ0) is 18.9. The van der Waals surface area contributed by atoms with Crippen LogP contribution in [0.4, 0.5) is 11.5 Å². The number of anilines is 2. The molecule has 0 bridgehead atoms. The monoisotopic (exact) mass is 381 g/mol. The van der Waals surface area contributed by atoms with Crippen molar-refractivity contribution in [2.75, 3.05) is 49.1 Å². The standard InChI is InChI=1S/C22H31N5O/c28-21-6-2-1-5-20(21)26-13-11-25(12-14-26)17-7-8-19-18(15-17)22(24-16-23-19)27-9-3-4-10-27/h7-8,15-16,20-21,28H,1-6,9-14H2. The van der Waals surface area contributed by atoms with Crippen LogP contribution < -0.4 is 9.80 Å². The predicted octanol–water partition coefficient (Wildman–Crippen LogP) is 2.66. The second-order valence-electron chi connectivity index (χ2n) is 8.54. The number of hydrogen-bond acceptors (Lipinski definition) is 6. The van der Waals surface area contributed by atoms with Gasteiger partial charge in [0.05, 0.1) is 11.6 Å². The highest BCUT2D eigenvalue weighted by Crippen LogP contribution is 2.31. The summed E-state index contributed by atoms with van der Waals surface area (Å²) in [4.78, 5) is 16.5. The van der Waals surface area contributed by atoms with Crippen molar-refractivity contribution in [3.05, 3.63) is 24.5 Å². The van der Waals surface area contributed by atoms with Gasteiger partial charge in [-0.2, -0.15) is 0 Å². The van der Waals surface area contributed by atoms with Crippen molar-refractivity contribution >= 4 is 22.4 Å². The van der Waals surface area contributed by atoms with Gasteiger partial charge >= 0.3 is 0 Å². The molecule has 150 valence electrons. The first kappa shape index (κ1) is 18.1. The zero-order valence-electron chi connectivity index (χ0n) is 16.6. The largest absolute Gasteiger partial charge is 0.391 e. The highest BCUT2D eigenvalue weighted by molar-refractivity contribution is 5.92. The van der Waals surface area contributed by atoms with Gasteiger partial charge in [-0.3, -0.25) is 4.90 Å². The maximum absolute atomic E-state index is 10.4. The first-order valence-corrected chi connectivity index (χ1v) is 11.0. The van der Waals surface area contributed by atoms with Gasteiger partial charge in [0.15, 0.2) is 0 Å². The quantitative estimate of drug-likeness (QED) is 0.882. The molecule has 2 atom stereocenters. The van der Waals surface area contributed by atoms with Crippen LogP contribution in [0.15, 0.2) is 24.5 Å². The second-order valence-corrected chi connectivity index (χ2v) is 8.54. The van der Waals surface area contributed by atoms with Crippen LogP contribution in [-0.4, -0.2) is 71.4 Å². The molecule has 1 saturated carbocycles. The first-order valence-electron chi connectivity index (χ1n) is 11.0. The predicted molar refractivity (Wildman–Crippen MR) is 113 cm³/mol. The van der Waals surface area contributed by atoms with E-state index in [0.29, 0.717) is 6.04 Å². The van der Waals surface area contributed by atoms with E-state index in [2.05, 4.69) is 42.9 Å². The first-order chi connectivity index (χ1) is 13.8. The number of nitrogens with zero attached hydrogens (tertiary/aromatic N) is 5. The Morgan fingerprint density at radius 2 is 1.61 bits per heavy atom. The summed E-state index contributed by atoms with van der Waals surface area (Å²) in [5, 5.41) is 11.6. The molecule has 2 aromatic rings. The summed E-state index contributed by atoms with van der Waals surface area (Å²) < 4.78 is 0. The average molecular weight is 382 g/mol. The fraction of sp³-hybridized carbons (Fsp3) is 0.636.